The van der Waals surface area contributed by atoms with E-state index in [0.717, 1.165) is 34.3 Å². The Bertz CT molecular complexity index is 1250. The van der Waals surface area contributed by atoms with Crippen molar-refractivity contribution in [2.24, 2.45) is 4.99 Å². The molecule has 0 saturated heterocycles. The number of nitrogens with zero attached hydrogens (tertiary/aromatic N) is 3. The van der Waals surface area contributed by atoms with Gasteiger partial charge in [-0.25, -0.2) is 4.99 Å². The molecule has 0 saturated carbocycles. The van der Waals surface area contributed by atoms with Gasteiger partial charge in [-0.1, -0.05) is 54.1 Å². The highest BCUT2D eigenvalue weighted by Gasteiger charge is 2.36. The van der Waals surface area contributed by atoms with Crippen LogP contribution in [0, 0.1) is 0 Å². The molecule has 0 atom stereocenters. The first-order valence-electron chi connectivity index (χ1n) is 9.99. The van der Waals surface area contributed by atoms with Crippen LogP contribution in [0.1, 0.15) is 16.7 Å². The molecule has 1 amide bonds. The van der Waals surface area contributed by atoms with E-state index in [1.807, 2.05) is 43.3 Å². The molecule has 0 aromatic heterocycles. The van der Waals surface area contributed by atoms with Crippen molar-refractivity contribution in [2.75, 3.05) is 23.9 Å². The van der Waals surface area contributed by atoms with Crippen molar-refractivity contribution in [1.29, 1.82) is 0 Å². The fourth-order valence-corrected chi connectivity index (χ4v) is 3.61. The lowest BCUT2D eigenvalue weighted by Gasteiger charge is -2.21. The minimum Gasteiger partial charge on any atom is -0.378 e. The molecule has 0 aliphatic carbocycles. The molecule has 1 aliphatic heterocycles. The Labute approximate surface area is 194 Å². The second-order valence-corrected chi connectivity index (χ2v) is 8.03. The molecule has 0 bridgehead atoms. The predicted octanol–water partition coefficient (Wildman–Crippen LogP) is 6.26. The van der Waals surface area contributed by atoms with Gasteiger partial charge in [0.15, 0.2) is 0 Å². The quantitative estimate of drug-likeness (QED) is 0.423. The SMILES string of the molecule is CN(C)c1ccc(/C=C2\N=C(c3ccccc3)N(c3cc(C(F)(F)F)ccc3Cl)C2=O)cc1. The van der Waals surface area contributed by atoms with E-state index in [1.165, 1.54) is 0 Å². The van der Waals surface area contributed by atoms with E-state index < -0.39 is 17.6 Å². The third-order valence-corrected chi connectivity index (χ3v) is 5.44. The van der Waals surface area contributed by atoms with E-state index in [4.69, 9.17) is 11.6 Å². The zero-order valence-electron chi connectivity index (χ0n) is 17.8. The van der Waals surface area contributed by atoms with E-state index >= 15 is 0 Å². The first-order chi connectivity index (χ1) is 15.6. The molecule has 33 heavy (non-hydrogen) atoms. The Morgan fingerprint density at radius 1 is 0.970 bits per heavy atom. The Kier molecular flexibility index (Phi) is 5.99. The van der Waals surface area contributed by atoms with Gasteiger partial charge in [0.05, 0.1) is 16.3 Å². The van der Waals surface area contributed by atoms with E-state index in [1.54, 1.807) is 36.4 Å². The summed E-state index contributed by atoms with van der Waals surface area (Å²) >= 11 is 6.26. The number of carbonyl (C=O) groups is 1. The van der Waals surface area contributed by atoms with E-state index in [0.29, 0.717) is 5.56 Å². The number of hydrogen-bond acceptors (Lipinski definition) is 3. The van der Waals surface area contributed by atoms with Gasteiger partial charge in [-0.15, -0.1) is 0 Å². The Balaban J connectivity index is 1.82. The van der Waals surface area contributed by atoms with Crippen LogP contribution in [0.2, 0.25) is 5.02 Å². The molecule has 3 aromatic rings. The molecule has 4 nitrogen and oxygen atoms in total. The molecular formula is C25H19ClF3N3O. The molecule has 1 heterocycles. The molecule has 3 aromatic carbocycles. The second kappa shape index (κ2) is 8.75. The largest absolute Gasteiger partial charge is 0.416 e. The van der Waals surface area contributed by atoms with Crippen LogP contribution in [0.3, 0.4) is 0 Å². The molecule has 168 valence electrons. The van der Waals surface area contributed by atoms with Crippen LogP contribution in [0.4, 0.5) is 24.5 Å². The molecule has 8 heteroatoms. The lowest BCUT2D eigenvalue weighted by Crippen LogP contribution is -2.33. The van der Waals surface area contributed by atoms with Crippen LogP contribution < -0.4 is 9.80 Å². The summed E-state index contributed by atoms with van der Waals surface area (Å²) in [5, 5.41) is 0.0107. The molecule has 0 N–H and O–H groups in total. The Morgan fingerprint density at radius 2 is 1.64 bits per heavy atom. The van der Waals surface area contributed by atoms with E-state index in [9.17, 15) is 18.0 Å². The zero-order chi connectivity index (χ0) is 23.8. The number of halogens is 4. The molecule has 0 fully saturated rings. The summed E-state index contributed by atoms with van der Waals surface area (Å²) in [5.41, 5.74) is 1.41. The standard InChI is InChI=1S/C25H19ClF3N3O/c1-31(2)19-11-8-16(9-12-19)14-21-24(33)32(23(30-21)17-6-4-3-5-7-17)22-15-18(25(27,28)29)10-13-20(22)26/h3-15H,1-2H3/b21-14-. The van der Waals surface area contributed by atoms with Gasteiger partial charge in [0.25, 0.3) is 5.91 Å². The molecule has 0 unspecified atom stereocenters. The number of hydrogen-bond donors (Lipinski definition) is 0. The van der Waals surface area contributed by atoms with Crippen molar-refractivity contribution in [3.05, 3.63) is 100 Å². The average molecular weight is 470 g/mol. The van der Waals surface area contributed by atoms with Crippen molar-refractivity contribution >= 4 is 40.8 Å². The molecule has 0 spiro atoms. The number of amides is 1. The summed E-state index contributed by atoms with van der Waals surface area (Å²) in [4.78, 5) is 20.9. The molecule has 4 rings (SSSR count). The predicted molar refractivity (Wildman–Crippen MR) is 126 cm³/mol. The maximum absolute atomic E-state index is 13.4. The lowest BCUT2D eigenvalue weighted by atomic mass is 10.1. The fraction of sp³-hybridized carbons (Fsp3) is 0.120. The van der Waals surface area contributed by atoms with Crippen LogP contribution in [-0.2, 0) is 11.0 Å². The maximum atomic E-state index is 13.4. The van der Waals surface area contributed by atoms with Crippen molar-refractivity contribution in [3.63, 3.8) is 0 Å². The monoisotopic (exact) mass is 469 g/mol. The summed E-state index contributed by atoms with van der Waals surface area (Å²) in [6, 6.07) is 19.1. The first-order valence-corrected chi connectivity index (χ1v) is 10.4. The highest BCUT2D eigenvalue weighted by Crippen LogP contribution is 2.38. The fourth-order valence-electron chi connectivity index (χ4n) is 3.41. The van der Waals surface area contributed by atoms with Crippen LogP contribution in [0.5, 0.6) is 0 Å². The van der Waals surface area contributed by atoms with E-state index in [-0.39, 0.29) is 22.2 Å². The minimum absolute atomic E-state index is 0.0107. The van der Waals surface area contributed by atoms with Crippen molar-refractivity contribution in [1.82, 2.24) is 0 Å². The van der Waals surface area contributed by atoms with Crippen molar-refractivity contribution in [3.8, 4) is 0 Å². The maximum Gasteiger partial charge on any atom is 0.416 e. The number of aliphatic imine (C=N–C) groups is 1. The van der Waals surface area contributed by atoms with Gasteiger partial charge in [0.2, 0.25) is 0 Å². The number of alkyl halides is 3. The highest BCUT2D eigenvalue weighted by atomic mass is 35.5. The number of carbonyl (C=O) groups excluding carboxylic acids is 1. The van der Waals surface area contributed by atoms with Crippen LogP contribution in [0.15, 0.2) is 83.5 Å². The summed E-state index contributed by atoms with van der Waals surface area (Å²) < 4.78 is 40.1. The summed E-state index contributed by atoms with van der Waals surface area (Å²) in [7, 11) is 3.84. The van der Waals surface area contributed by atoms with Gasteiger partial charge in [0.1, 0.15) is 11.5 Å². The third-order valence-electron chi connectivity index (χ3n) is 5.12. The zero-order valence-corrected chi connectivity index (χ0v) is 18.5. The van der Waals surface area contributed by atoms with Gasteiger partial charge in [0, 0.05) is 25.3 Å². The number of benzene rings is 3. The van der Waals surface area contributed by atoms with Gasteiger partial charge in [-0.3, -0.25) is 9.69 Å². The van der Waals surface area contributed by atoms with Gasteiger partial charge in [-0.05, 0) is 42.0 Å². The second-order valence-electron chi connectivity index (χ2n) is 7.62. The minimum atomic E-state index is -4.58. The number of rotatable bonds is 4. The summed E-state index contributed by atoms with van der Waals surface area (Å²) in [6.07, 6.45) is -2.98. The van der Waals surface area contributed by atoms with Crippen LogP contribution in [0.25, 0.3) is 6.08 Å². The topological polar surface area (TPSA) is 35.9 Å². The first kappa shape index (κ1) is 22.6. The lowest BCUT2D eigenvalue weighted by molar-refractivity contribution is -0.137. The highest BCUT2D eigenvalue weighted by molar-refractivity contribution is 6.39. The van der Waals surface area contributed by atoms with Crippen molar-refractivity contribution < 1.29 is 18.0 Å². The normalized spacial score (nSPS) is 15.2. The van der Waals surface area contributed by atoms with Gasteiger partial charge >= 0.3 is 6.18 Å². The summed E-state index contributed by atoms with van der Waals surface area (Å²) in [6.45, 7) is 0. The number of anilines is 2. The number of amidine groups is 1. The Hall–Kier alpha value is -3.58. The smallest absolute Gasteiger partial charge is 0.378 e. The third kappa shape index (κ3) is 4.64. The van der Waals surface area contributed by atoms with Gasteiger partial charge in [-0.2, -0.15) is 13.2 Å². The molecular weight excluding hydrogens is 451 g/mol. The average Bonchev–Trinajstić information content (AvgIpc) is 3.10. The van der Waals surface area contributed by atoms with Crippen LogP contribution in [-0.4, -0.2) is 25.8 Å². The molecule has 0 radical (unpaired) electrons. The Morgan fingerprint density at radius 3 is 2.24 bits per heavy atom. The van der Waals surface area contributed by atoms with Crippen LogP contribution >= 0.6 is 11.6 Å². The molecule has 1 aliphatic rings. The van der Waals surface area contributed by atoms with E-state index in [2.05, 4.69) is 4.99 Å². The van der Waals surface area contributed by atoms with Crippen molar-refractivity contribution in [2.45, 2.75) is 6.18 Å². The summed E-state index contributed by atoms with van der Waals surface area (Å²) in [5.74, 6) is -0.357. The van der Waals surface area contributed by atoms with Gasteiger partial charge < -0.3 is 4.90 Å².